The van der Waals surface area contributed by atoms with Crippen molar-refractivity contribution in [2.24, 2.45) is 5.92 Å². The number of rotatable bonds is 10. The van der Waals surface area contributed by atoms with Crippen LogP contribution in [0.4, 0.5) is 0 Å². The van der Waals surface area contributed by atoms with Gasteiger partial charge in [-0.25, -0.2) is 13.1 Å². The average molecular weight is 360 g/mol. The van der Waals surface area contributed by atoms with Crippen molar-refractivity contribution in [2.45, 2.75) is 56.9 Å². The quantitative estimate of drug-likeness (QED) is 0.584. The molecule has 2 unspecified atom stereocenters. The Labute approximate surface area is 152 Å². The predicted molar refractivity (Wildman–Crippen MR) is 104 cm³/mol. The van der Waals surface area contributed by atoms with E-state index >= 15 is 0 Å². The zero-order valence-corrected chi connectivity index (χ0v) is 16.0. The second-order valence-corrected chi connectivity index (χ2v) is 8.36. The van der Waals surface area contributed by atoms with Crippen LogP contribution in [-0.4, -0.2) is 8.42 Å². The number of hydrogen-bond acceptors (Lipinski definition) is 2. The van der Waals surface area contributed by atoms with Crippen LogP contribution < -0.4 is 4.72 Å². The summed E-state index contributed by atoms with van der Waals surface area (Å²) in [6.07, 6.45) is 5.78. The third kappa shape index (κ3) is 5.98. The van der Waals surface area contributed by atoms with Crippen molar-refractivity contribution in [3.63, 3.8) is 0 Å². The fourth-order valence-corrected chi connectivity index (χ4v) is 4.42. The molecule has 0 heterocycles. The van der Waals surface area contributed by atoms with Crippen LogP contribution in [0.1, 0.15) is 57.6 Å². The van der Waals surface area contributed by atoms with Crippen LogP contribution in [0, 0.1) is 5.92 Å². The number of nitrogens with one attached hydrogen (secondary N) is 1. The predicted octanol–water partition coefficient (Wildman–Crippen LogP) is 5.31. The third-order valence-electron chi connectivity index (χ3n) is 4.58. The largest absolute Gasteiger partial charge is 0.241 e. The van der Waals surface area contributed by atoms with E-state index in [1.165, 1.54) is 19.3 Å². The Kier molecular flexibility index (Phi) is 7.66. The summed E-state index contributed by atoms with van der Waals surface area (Å²) in [5.74, 6) is 0.234. The molecule has 0 radical (unpaired) electrons. The van der Waals surface area contributed by atoms with E-state index in [9.17, 15) is 8.42 Å². The van der Waals surface area contributed by atoms with Gasteiger partial charge in [0, 0.05) is 6.04 Å². The molecule has 3 nitrogen and oxygen atoms in total. The molecule has 136 valence electrons. The average Bonchev–Trinajstić information content (AvgIpc) is 2.64. The van der Waals surface area contributed by atoms with E-state index in [1.54, 1.807) is 24.3 Å². The minimum absolute atomic E-state index is 0.215. The summed E-state index contributed by atoms with van der Waals surface area (Å²) < 4.78 is 28.5. The van der Waals surface area contributed by atoms with Gasteiger partial charge < -0.3 is 0 Å². The summed E-state index contributed by atoms with van der Waals surface area (Å²) in [7, 11) is -3.54. The van der Waals surface area contributed by atoms with Gasteiger partial charge in [-0.3, -0.25) is 0 Å². The van der Waals surface area contributed by atoms with Crippen LogP contribution in [0.5, 0.6) is 0 Å². The van der Waals surface area contributed by atoms with E-state index in [0.717, 1.165) is 18.4 Å². The Bertz CT molecular complexity index is 714. The summed E-state index contributed by atoms with van der Waals surface area (Å²) in [6, 6.07) is 18.3. The first kappa shape index (κ1) is 19.7. The van der Waals surface area contributed by atoms with Crippen molar-refractivity contribution >= 4 is 10.0 Å². The molecule has 4 heteroatoms. The molecule has 0 saturated carbocycles. The fourth-order valence-electron chi connectivity index (χ4n) is 3.07. The molecule has 2 atom stereocenters. The monoisotopic (exact) mass is 359 g/mol. The molecule has 0 fully saturated rings. The normalized spacial score (nSPS) is 14.2. The topological polar surface area (TPSA) is 46.2 Å². The molecule has 0 spiro atoms. The van der Waals surface area contributed by atoms with Crippen LogP contribution in [0.25, 0.3) is 0 Å². The van der Waals surface area contributed by atoms with E-state index in [2.05, 4.69) is 18.6 Å². The van der Waals surface area contributed by atoms with Crippen LogP contribution in [0.3, 0.4) is 0 Å². The van der Waals surface area contributed by atoms with E-state index in [-0.39, 0.29) is 12.0 Å². The molecule has 0 saturated heterocycles. The number of benzene rings is 2. The van der Waals surface area contributed by atoms with Crippen molar-refractivity contribution in [1.29, 1.82) is 0 Å². The first-order chi connectivity index (χ1) is 12.0. The van der Waals surface area contributed by atoms with Gasteiger partial charge in [-0.15, -0.1) is 0 Å². The smallest absolute Gasteiger partial charge is 0.207 e. The molecule has 1 N–H and O–H groups in total. The molecule has 2 aromatic carbocycles. The Morgan fingerprint density at radius 1 is 0.880 bits per heavy atom. The number of sulfonamides is 1. The van der Waals surface area contributed by atoms with Gasteiger partial charge >= 0.3 is 0 Å². The Balaban J connectivity index is 2.17. The zero-order chi connectivity index (χ0) is 18.1. The second kappa shape index (κ2) is 9.73. The van der Waals surface area contributed by atoms with Gasteiger partial charge in [0.1, 0.15) is 0 Å². The molecular formula is C21H29NO2S. The van der Waals surface area contributed by atoms with Crippen molar-refractivity contribution in [2.75, 3.05) is 0 Å². The fraction of sp³-hybridized carbons (Fsp3) is 0.429. The molecule has 25 heavy (non-hydrogen) atoms. The van der Waals surface area contributed by atoms with Gasteiger partial charge in [-0.2, -0.15) is 0 Å². The molecule has 0 amide bonds. The van der Waals surface area contributed by atoms with Crippen LogP contribution in [0.15, 0.2) is 65.6 Å². The van der Waals surface area contributed by atoms with Crippen LogP contribution in [0.2, 0.25) is 0 Å². The molecule has 0 aliphatic heterocycles. The minimum Gasteiger partial charge on any atom is -0.207 e. The standard InChI is InChI=1S/C21H29NO2S/c1-3-4-5-8-13-18(2)21(19-14-9-6-10-15-19)22-25(23,24)20-16-11-7-12-17-20/h6-7,9-12,14-18,21-22H,3-5,8,13H2,1-2H3. The summed E-state index contributed by atoms with van der Waals surface area (Å²) in [5.41, 5.74) is 1.02. The highest BCUT2D eigenvalue weighted by Crippen LogP contribution is 2.28. The van der Waals surface area contributed by atoms with Crippen molar-refractivity contribution in [1.82, 2.24) is 4.72 Å². The maximum Gasteiger partial charge on any atom is 0.241 e. The third-order valence-corrected chi connectivity index (χ3v) is 6.03. The highest BCUT2D eigenvalue weighted by Gasteiger charge is 2.25. The zero-order valence-electron chi connectivity index (χ0n) is 15.2. The minimum atomic E-state index is -3.54. The lowest BCUT2D eigenvalue weighted by molar-refractivity contribution is 0.389. The highest BCUT2D eigenvalue weighted by molar-refractivity contribution is 7.89. The van der Waals surface area contributed by atoms with Gasteiger partial charge in [-0.1, -0.05) is 88.1 Å². The maximum absolute atomic E-state index is 12.8. The van der Waals surface area contributed by atoms with Gasteiger partial charge in [0.2, 0.25) is 10.0 Å². The van der Waals surface area contributed by atoms with Gasteiger partial charge in [0.15, 0.2) is 0 Å². The Morgan fingerprint density at radius 2 is 1.48 bits per heavy atom. The second-order valence-electron chi connectivity index (χ2n) is 6.65. The lowest BCUT2D eigenvalue weighted by Crippen LogP contribution is -2.32. The van der Waals surface area contributed by atoms with Gasteiger partial charge in [-0.05, 0) is 30.0 Å². The summed E-state index contributed by atoms with van der Waals surface area (Å²) in [5, 5.41) is 0. The maximum atomic E-state index is 12.8. The molecule has 2 aromatic rings. The number of hydrogen-bond donors (Lipinski definition) is 1. The lowest BCUT2D eigenvalue weighted by Gasteiger charge is -2.25. The SMILES string of the molecule is CCCCCCC(C)C(NS(=O)(=O)c1ccccc1)c1ccccc1. The first-order valence-electron chi connectivity index (χ1n) is 9.17. The van der Waals surface area contributed by atoms with E-state index in [0.29, 0.717) is 4.90 Å². The van der Waals surface area contributed by atoms with Crippen molar-refractivity contribution in [3.8, 4) is 0 Å². The molecular weight excluding hydrogens is 330 g/mol. The molecule has 0 aliphatic rings. The van der Waals surface area contributed by atoms with Gasteiger partial charge in [0.05, 0.1) is 4.90 Å². The van der Waals surface area contributed by atoms with Crippen molar-refractivity contribution < 1.29 is 8.42 Å². The Hall–Kier alpha value is -1.65. The molecule has 0 bridgehead atoms. The highest BCUT2D eigenvalue weighted by atomic mass is 32.2. The first-order valence-corrected chi connectivity index (χ1v) is 10.6. The van der Waals surface area contributed by atoms with Gasteiger partial charge in [0.25, 0.3) is 0 Å². The van der Waals surface area contributed by atoms with Crippen molar-refractivity contribution in [3.05, 3.63) is 66.2 Å². The van der Waals surface area contributed by atoms with E-state index in [4.69, 9.17) is 0 Å². The molecule has 0 aromatic heterocycles. The summed E-state index contributed by atoms with van der Waals surface area (Å²) >= 11 is 0. The van der Waals surface area contributed by atoms with Crippen LogP contribution >= 0.6 is 0 Å². The van der Waals surface area contributed by atoms with E-state index in [1.807, 2.05) is 36.4 Å². The molecule has 0 aliphatic carbocycles. The summed E-state index contributed by atoms with van der Waals surface area (Å²) in [4.78, 5) is 0.314. The summed E-state index contributed by atoms with van der Waals surface area (Å²) in [6.45, 7) is 4.33. The number of unbranched alkanes of at least 4 members (excludes halogenated alkanes) is 3. The Morgan fingerprint density at radius 3 is 2.08 bits per heavy atom. The van der Waals surface area contributed by atoms with E-state index < -0.39 is 10.0 Å². The van der Waals surface area contributed by atoms with Crippen LogP contribution in [-0.2, 0) is 10.0 Å². The lowest BCUT2D eigenvalue weighted by atomic mass is 9.91. The molecule has 2 rings (SSSR count).